The molecule has 1 aromatic carbocycles. The molecular weight excluding hydrogens is 184 g/mol. The number of nitrogens with one attached hydrogen (secondary N) is 1. The van der Waals surface area contributed by atoms with E-state index in [-0.39, 0.29) is 5.75 Å². The summed E-state index contributed by atoms with van der Waals surface area (Å²) in [7, 11) is 1.29. The summed E-state index contributed by atoms with van der Waals surface area (Å²) in [5, 5.41) is 16.5. The zero-order valence-electron chi connectivity index (χ0n) is 7.44. The molecule has 5 nitrogen and oxygen atoms in total. The van der Waals surface area contributed by atoms with Crippen molar-refractivity contribution in [3.05, 3.63) is 23.9 Å². The van der Waals surface area contributed by atoms with Crippen molar-refractivity contribution in [2.24, 2.45) is 0 Å². The Morgan fingerprint density at radius 3 is 3.07 bits per heavy atom. The third-order valence-electron chi connectivity index (χ3n) is 1.96. The van der Waals surface area contributed by atoms with Crippen LogP contribution in [0.5, 0.6) is 5.75 Å². The van der Waals surface area contributed by atoms with Gasteiger partial charge in [-0.1, -0.05) is 0 Å². The summed E-state index contributed by atoms with van der Waals surface area (Å²) >= 11 is 0. The van der Waals surface area contributed by atoms with Crippen LogP contribution in [0.25, 0.3) is 10.9 Å². The monoisotopic (exact) mass is 192 g/mol. The zero-order valence-corrected chi connectivity index (χ0v) is 7.44. The van der Waals surface area contributed by atoms with Crippen LogP contribution in [0.3, 0.4) is 0 Å². The molecule has 0 bridgehead atoms. The first-order valence-electron chi connectivity index (χ1n) is 3.97. The van der Waals surface area contributed by atoms with Crippen molar-refractivity contribution >= 4 is 16.9 Å². The molecule has 14 heavy (non-hydrogen) atoms. The van der Waals surface area contributed by atoms with Crippen LogP contribution in [0.4, 0.5) is 0 Å². The number of phenols is 1. The number of phenolic OH excluding ortho intramolecular Hbond substituents is 1. The molecule has 0 aliphatic carbocycles. The first-order chi connectivity index (χ1) is 6.72. The largest absolute Gasteiger partial charge is 0.507 e. The molecule has 0 spiro atoms. The van der Waals surface area contributed by atoms with Crippen LogP contribution in [0, 0.1) is 0 Å². The molecule has 0 fully saturated rings. The zero-order chi connectivity index (χ0) is 10.1. The number of ether oxygens (including phenoxy) is 1. The van der Waals surface area contributed by atoms with Gasteiger partial charge in [-0.3, -0.25) is 5.10 Å². The van der Waals surface area contributed by atoms with Gasteiger partial charge < -0.3 is 9.84 Å². The lowest BCUT2D eigenvalue weighted by Gasteiger charge is -2.00. The SMILES string of the molecule is COC(=O)c1cc(O)c2cn[nH]c2c1. The molecule has 0 saturated heterocycles. The van der Waals surface area contributed by atoms with E-state index in [2.05, 4.69) is 14.9 Å². The average molecular weight is 192 g/mol. The second-order valence-electron chi connectivity index (χ2n) is 2.82. The summed E-state index contributed by atoms with van der Waals surface area (Å²) in [5.41, 5.74) is 0.896. The predicted octanol–water partition coefficient (Wildman–Crippen LogP) is 1.06. The normalized spacial score (nSPS) is 10.4. The first-order valence-corrected chi connectivity index (χ1v) is 3.97. The molecule has 1 heterocycles. The minimum atomic E-state index is -0.489. The number of esters is 1. The van der Waals surface area contributed by atoms with E-state index >= 15 is 0 Å². The summed E-state index contributed by atoms with van der Waals surface area (Å²) in [4.78, 5) is 11.2. The topological polar surface area (TPSA) is 75.2 Å². The molecule has 0 aliphatic heterocycles. The predicted molar refractivity (Wildman–Crippen MR) is 49.1 cm³/mol. The Morgan fingerprint density at radius 1 is 1.57 bits per heavy atom. The summed E-state index contributed by atoms with van der Waals surface area (Å²) < 4.78 is 4.53. The highest BCUT2D eigenvalue weighted by Gasteiger charge is 2.10. The van der Waals surface area contributed by atoms with Crippen molar-refractivity contribution in [3.8, 4) is 5.75 Å². The molecular formula is C9H8N2O3. The third-order valence-corrected chi connectivity index (χ3v) is 1.96. The second-order valence-corrected chi connectivity index (χ2v) is 2.82. The molecule has 0 radical (unpaired) electrons. The van der Waals surface area contributed by atoms with Crippen LogP contribution >= 0.6 is 0 Å². The van der Waals surface area contributed by atoms with Gasteiger partial charge in [0.05, 0.1) is 29.8 Å². The maximum Gasteiger partial charge on any atom is 0.338 e. The molecule has 2 aromatic rings. The van der Waals surface area contributed by atoms with Gasteiger partial charge in [0.15, 0.2) is 0 Å². The van der Waals surface area contributed by atoms with Crippen LogP contribution in [-0.4, -0.2) is 28.4 Å². The number of hydrogen-bond acceptors (Lipinski definition) is 4. The number of carbonyl (C=O) groups excluding carboxylic acids is 1. The van der Waals surface area contributed by atoms with Crippen LogP contribution < -0.4 is 0 Å². The molecule has 0 amide bonds. The average Bonchev–Trinajstić information content (AvgIpc) is 2.64. The number of rotatable bonds is 1. The highest BCUT2D eigenvalue weighted by molar-refractivity contribution is 5.96. The van der Waals surface area contributed by atoms with Gasteiger partial charge in [0.2, 0.25) is 0 Å². The van der Waals surface area contributed by atoms with E-state index < -0.39 is 5.97 Å². The maximum absolute atomic E-state index is 11.2. The van der Waals surface area contributed by atoms with Crippen LogP contribution in [0.2, 0.25) is 0 Å². The highest BCUT2D eigenvalue weighted by Crippen LogP contribution is 2.24. The van der Waals surface area contributed by atoms with Crippen molar-refractivity contribution in [1.82, 2.24) is 10.2 Å². The van der Waals surface area contributed by atoms with Crippen LogP contribution in [0.15, 0.2) is 18.3 Å². The van der Waals surface area contributed by atoms with Crippen molar-refractivity contribution in [2.45, 2.75) is 0 Å². The Bertz CT molecular complexity index is 490. The molecule has 0 atom stereocenters. The van der Waals surface area contributed by atoms with Gasteiger partial charge in [0.1, 0.15) is 5.75 Å². The van der Waals surface area contributed by atoms with E-state index in [0.717, 1.165) is 0 Å². The standard InChI is InChI=1S/C9H8N2O3/c1-14-9(13)5-2-7-6(4-10-11-7)8(12)3-5/h2-4,12H,1H3,(H,10,11). The smallest absolute Gasteiger partial charge is 0.338 e. The van der Waals surface area contributed by atoms with E-state index in [0.29, 0.717) is 16.5 Å². The molecule has 5 heteroatoms. The van der Waals surface area contributed by atoms with Gasteiger partial charge in [-0.15, -0.1) is 0 Å². The molecule has 2 N–H and O–H groups in total. The van der Waals surface area contributed by atoms with Crippen LogP contribution in [0.1, 0.15) is 10.4 Å². The Balaban J connectivity index is 2.64. The number of methoxy groups -OCH3 is 1. The molecule has 0 aliphatic rings. The molecule has 1 aromatic heterocycles. The molecule has 72 valence electrons. The lowest BCUT2D eigenvalue weighted by Crippen LogP contribution is -2.00. The van der Waals surface area contributed by atoms with Gasteiger partial charge >= 0.3 is 5.97 Å². The number of carbonyl (C=O) groups is 1. The first kappa shape index (κ1) is 8.55. The number of aromatic nitrogens is 2. The van der Waals surface area contributed by atoms with Gasteiger partial charge in [-0.2, -0.15) is 5.10 Å². The second kappa shape index (κ2) is 3.02. The van der Waals surface area contributed by atoms with E-state index in [4.69, 9.17) is 0 Å². The Labute approximate surface area is 79.3 Å². The van der Waals surface area contributed by atoms with Gasteiger partial charge in [-0.05, 0) is 12.1 Å². The number of hydrogen-bond donors (Lipinski definition) is 2. The number of aromatic amines is 1. The third kappa shape index (κ3) is 1.19. The fraction of sp³-hybridized carbons (Fsp3) is 0.111. The maximum atomic E-state index is 11.2. The molecule has 0 saturated carbocycles. The van der Waals surface area contributed by atoms with E-state index in [1.807, 2.05) is 0 Å². The van der Waals surface area contributed by atoms with Gasteiger partial charge in [0.25, 0.3) is 0 Å². The van der Waals surface area contributed by atoms with E-state index in [9.17, 15) is 9.90 Å². The Kier molecular flexibility index (Phi) is 1.85. The number of aromatic hydroxyl groups is 1. The fourth-order valence-electron chi connectivity index (χ4n) is 1.27. The Morgan fingerprint density at radius 2 is 2.36 bits per heavy atom. The number of nitrogens with zero attached hydrogens (tertiary/aromatic N) is 1. The van der Waals surface area contributed by atoms with Gasteiger partial charge in [-0.25, -0.2) is 4.79 Å². The van der Waals surface area contributed by atoms with E-state index in [1.165, 1.54) is 19.4 Å². The summed E-state index contributed by atoms with van der Waals surface area (Å²) in [6.45, 7) is 0. The lowest BCUT2D eigenvalue weighted by molar-refractivity contribution is 0.0600. The number of fused-ring (bicyclic) bond motifs is 1. The highest BCUT2D eigenvalue weighted by atomic mass is 16.5. The number of benzene rings is 1. The van der Waals surface area contributed by atoms with Crippen molar-refractivity contribution < 1.29 is 14.6 Å². The quantitative estimate of drug-likeness (QED) is 0.662. The fourth-order valence-corrected chi connectivity index (χ4v) is 1.27. The summed E-state index contributed by atoms with van der Waals surface area (Å²) in [6, 6.07) is 2.93. The van der Waals surface area contributed by atoms with Crippen molar-refractivity contribution in [3.63, 3.8) is 0 Å². The van der Waals surface area contributed by atoms with Gasteiger partial charge in [0, 0.05) is 0 Å². The van der Waals surface area contributed by atoms with Crippen molar-refractivity contribution in [1.29, 1.82) is 0 Å². The molecule has 2 rings (SSSR count). The minimum absolute atomic E-state index is 0.0108. The van der Waals surface area contributed by atoms with E-state index in [1.54, 1.807) is 6.07 Å². The summed E-state index contributed by atoms with van der Waals surface area (Å²) in [5.74, 6) is -0.478. The Hall–Kier alpha value is -2.04. The number of H-pyrrole nitrogens is 1. The van der Waals surface area contributed by atoms with Crippen LogP contribution in [-0.2, 0) is 4.74 Å². The molecule has 0 unspecified atom stereocenters. The van der Waals surface area contributed by atoms with Crippen molar-refractivity contribution in [2.75, 3.05) is 7.11 Å². The lowest BCUT2D eigenvalue weighted by atomic mass is 10.1. The summed E-state index contributed by atoms with van der Waals surface area (Å²) in [6.07, 6.45) is 1.49. The minimum Gasteiger partial charge on any atom is -0.507 e.